The lowest BCUT2D eigenvalue weighted by molar-refractivity contribution is -0.908. The summed E-state index contributed by atoms with van der Waals surface area (Å²) in [6, 6.07) is 17.7. The number of para-hydroxylation sites is 1. The summed E-state index contributed by atoms with van der Waals surface area (Å²) in [6.07, 6.45) is 4.91. The summed E-state index contributed by atoms with van der Waals surface area (Å²) in [6.45, 7) is 6.24. The Labute approximate surface area is 156 Å². The Morgan fingerprint density at radius 2 is 1.50 bits per heavy atom. The summed E-state index contributed by atoms with van der Waals surface area (Å²) >= 11 is 0. The monoisotopic (exact) mass is 356 g/mol. The van der Waals surface area contributed by atoms with Crippen LogP contribution in [0.25, 0.3) is 0 Å². The highest BCUT2D eigenvalue weighted by Gasteiger charge is 2.12. The van der Waals surface area contributed by atoms with Crippen LogP contribution in [0, 0.1) is 0 Å². The van der Waals surface area contributed by atoms with Crippen LogP contribution in [-0.2, 0) is 4.74 Å². The molecule has 1 N–H and O–H groups in total. The fourth-order valence-corrected chi connectivity index (χ4v) is 3.18. The predicted molar refractivity (Wildman–Crippen MR) is 103 cm³/mol. The Bertz CT molecular complexity index is 626. The first-order valence-corrected chi connectivity index (χ1v) is 9.77. The molecule has 0 radical (unpaired) electrons. The Hall–Kier alpha value is -2.04. The molecule has 26 heavy (non-hydrogen) atoms. The zero-order chi connectivity index (χ0) is 17.9. The minimum Gasteiger partial charge on any atom is -0.493 e. The second-order valence-electron chi connectivity index (χ2n) is 6.77. The fourth-order valence-electron chi connectivity index (χ4n) is 3.18. The minimum absolute atomic E-state index is 0.763. The van der Waals surface area contributed by atoms with E-state index in [1.807, 2.05) is 54.6 Å². The average molecular weight is 356 g/mol. The molecule has 0 unspecified atom stereocenters. The van der Waals surface area contributed by atoms with Crippen molar-refractivity contribution in [1.82, 2.24) is 0 Å². The SMILES string of the molecule is c1ccc(Oc2cccc(OCCCCCC[NH+]3CCOCC3)c2)cc1. The summed E-state index contributed by atoms with van der Waals surface area (Å²) < 4.78 is 17.1. The van der Waals surface area contributed by atoms with E-state index in [0.29, 0.717) is 0 Å². The summed E-state index contributed by atoms with van der Waals surface area (Å²) in [5, 5.41) is 0. The standard InChI is InChI=1S/C22H29NO3/c1(6-13-23-14-17-24-18-15-23)2-7-16-25-21-11-8-12-22(19-21)26-20-9-4-3-5-10-20/h3-5,8-12,19H,1-2,6-7,13-18H2/p+1. The van der Waals surface area contributed by atoms with E-state index in [9.17, 15) is 0 Å². The van der Waals surface area contributed by atoms with Crippen LogP contribution in [0.2, 0.25) is 0 Å². The van der Waals surface area contributed by atoms with Crippen LogP contribution in [0.3, 0.4) is 0 Å². The molecule has 4 heteroatoms. The lowest BCUT2D eigenvalue weighted by Crippen LogP contribution is -3.14. The second kappa shape index (κ2) is 10.8. The molecule has 2 aromatic rings. The smallest absolute Gasteiger partial charge is 0.131 e. The van der Waals surface area contributed by atoms with Gasteiger partial charge >= 0.3 is 0 Å². The summed E-state index contributed by atoms with van der Waals surface area (Å²) in [5.41, 5.74) is 0. The first kappa shape index (κ1) is 18.7. The Morgan fingerprint density at radius 1 is 0.769 bits per heavy atom. The van der Waals surface area contributed by atoms with E-state index in [2.05, 4.69) is 0 Å². The van der Waals surface area contributed by atoms with Crippen molar-refractivity contribution in [3.63, 3.8) is 0 Å². The fraction of sp³-hybridized carbons (Fsp3) is 0.455. The van der Waals surface area contributed by atoms with Gasteiger partial charge < -0.3 is 19.1 Å². The van der Waals surface area contributed by atoms with Gasteiger partial charge in [0, 0.05) is 6.07 Å². The van der Waals surface area contributed by atoms with Gasteiger partial charge in [0.25, 0.3) is 0 Å². The second-order valence-corrected chi connectivity index (χ2v) is 6.77. The molecule has 0 aliphatic carbocycles. The summed E-state index contributed by atoms with van der Waals surface area (Å²) in [7, 11) is 0. The molecule has 1 heterocycles. The average Bonchev–Trinajstić information content (AvgIpc) is 2.69. The molecule has 4 nitrogen and oxygen atoms in total. The molecular formula is C22H30NO3+. The third-order valence-corrected chi connectivity index (χ3v) is 4.68. The van der Waals surface area contributed by atoms with Crippen LogP contribution in [-0.4, -0.2) is 39.5 Å². The first-order valence-electron chi connectivity index (χ1n) is 9.77. The van der Waals surface area contributed by atoms with Gasteiger partial charge in [0.2, 0.25) is 0 Å². The number of quaternary nitrogens is 1. The Kier molecular flexibility index (Phi) is 7.81. The van der Waals surface area contributed by atoms with Crippen LogP contribution < -0.4 is 14.4 Å². The van der Waals surface area contributed by atoms with E-state index < -0.39 is 0 Å². The van der Waals surface area contributed by atoms with Crippen molar-refractivity contribution in [2.75, 3.05) is 39.5 Å². The van der Waals surface area contributed by atoms with Crippen molar-refractivity contribution in [3.8, 4) is 17.2 Å². The van der Waals surface area contributed by atoms with E-state index in [0.717, 1.165) is 43.5 Å². The van der Waals surface area contributed by atoms with Gasteiger partial charge in [-0.1, -0.05) is 24.3 Å². The quantitative estimate of drug-likeness (QED) is 0.663. The first-order chi connectivity index (χ1) is 12.9. The zero-order valence-electron chi connectivity index (χ0n) is 15.5. The van der Waals surface area contributed by atoms with E-state index in [1.165, 1.54) is 38.9 Å². The zero-order valence-corrected chi connectivity index (χ0v) is 15.5. The lowest BCUT2D eigenvalue weighted by atomic mass is 10.2. The Balaban J connectivity index is 1.29. The number of unbranched alkanes of at least 4 members (excludes halogenated alkanes) is 3. The third kappa shape index (κ3) is 6.70. The van der Waals surface area contributed by atoms with Crippen LogP contribution in [0.15, 0.2) is 54.6 Å². The van der Waals surface area contributed by atoms with Gasteiger partial charge in [-0.25, -0.2) is 0 Å². The molecule has 0 atom stereocenters. The minimum atomic E-state index is 0.763. The maximum atomic E-state index is 5.88. The van der Waals surface area contributed by atoms with Crippen molar-refractivity contribution in [3.05, 3.63) is 54.6 Å². The van der Waals surface area contributed by atoms with Gasteiger partial charge in [-0.15, -0.1) is 0 Å². The highest BCUT2D eigenvalue weighted by Crippen LogP contribution is 2.25. The van der Waals surface area contributed by atoms with Gasteiger partial charge in [-0.3, -0.25) is 0 Å². The van der Waals surface area contributed by atoms with Crippen molar-refractivity contribution in [2.45, 2.75) is 25.7 Å². The summed E-state index contributed by atoms with van der Waals surface area (Å²) in [4.78, 5) is 1.70. The molecule has 0 aromatic heterocycles. The van der Waals surface area contributed by atoms with Gasteiger partial charge in [-0.2, -0.15) is 0 Å². The number of nitrogens with one attached hydrogen (secondary N) is 1. The number of benzene rings is 2. The number of hydrogen-bond acceptors (Lipinski definition) is 3. The molecule has 0 amide bonds. The predicted octanol–water partition coefficient (Wildman–Crippen LogP) is 3.33. The highest BCUT2D eigenvalue weighted by molar-refractivity contribution is 5.36. The van der Waals surface area contributed by atoms with Crippen molar-refractivity contribution >= 4 is 0 Å². The normalized spacial score (nSPS) is 14.9. The molecule has 0 bridgehead atoms. The number of morpholine rings is 1. The number of rotatable bonds is 10. The van der Waals surface area contributed by atoms with E-state index >= 15 is 0 Å². The van der Waals surface area contributed by atoms with Crippen LogP contribution in [0.4, 0.5) is 0 Å². The molecule has 3 rings (SSSR count). The topological polar surface area (TPSA) is 32.1 Å². The molecule has 1 saturated heterocycles. The van der Waals surface area contributed by atoms with E-state index in [1.54, 1.807) is 4.90 Å². The molecule has 1 aliphatic heterocycles. The Morgan fingerprint density at radius 3 is 2.35 bits per heavy atom. The van der Waals surface area contributed by atoms with Crippen molar-refractivity contribution in [2.24, 2.45) is 0 Å². The molecule has 0 saturated carbocycles. The maximum absolute atomic E-state index is 5.88. The van der Waals surface area contributed by atoms with Crippen molar-refractivity contribution in [1.29, 1.82) is 0 Å². The van der Waals surface area contributed by atoms with Gasteiger partial charge in [0.15, 0.2) is 0 Å². The number of ether oxygens (including phenoxy) is 3. The third-order valence-electron chi connectivity index (χ3n) is 4.68. The van der Waals surface area contributed by atoms with Gasteiger partial charge in [-0.05, 0) is 49.9 Å². The van der Waals surface area contributed by atoms with Crippen LogP contribution >= 0.6 is 0 Å². The van der Waals surface area contributed by atoms with Crippen molar-refractivity contribution < 1.29 is 19.1 Å². The maximum Gasteiger partial charge on any atom is 0.131 e. The van der Waals surface area contributed by atoms with Crippen LogP contribution in [0.5, 0.6) is 17.2 Å². The van der Waals surface area contributed by atoms with E-state index in [4.69, 9.17) is 14.2 Å². The lowest BCUT2D eigenvalue weighted by Gasteiger charge is -2.23. The molecule has 2 aromatic carbocycles. The largest absolute Gasteiger partial charge is 0.493 e. The molecular weight excluding hydrogens is 326 g/mol. The summed E-state index contributed by atoms with van der Waals surface area (Å²) in [5.74, 6) is 2.52. The molecule has 0 spiro atoms. The van der Waals surface area contributed by atoms with Gasteiger partial charge in [0.05, 0.1) is 26.4 Å². The van der Waals surface area contributed by atoms with Crippen LogP contribution in [0.1, 0.15) is 25.7 Å². The molecule has 1 fully saturated rings. The highest BCUT2D eigenvalue weighted by atomic mass is 16.5. The van der Waals surface area contributed by atoms with Gasteiger partial charge in [0.1, 0.15) is 30.3 Å². The molecule has 1 aliphatic rings. The number of hydrogen-bond donors (Lipinski definition) is 1. The molecule has 140 valence electrons. The van der Waals surface area contributed by atoms with E-state index in [-0.39, 0.29) is 0 Å².